The standard InChI is InChI=1S/C11H8BrFN2O3/c1-2-17-11(16)10-14-9(15-18-10)7-5-6(13)3-4-8(7)12/h3-5H,2H2,1H3. The summed E-state index contributed by atoms with van der Waals surface area (Å²) in [6.07, 6.45) is 0. The average molecular weight is 315 g/mol. The second-order valence-corrected chi connectivity index (χ2v) is 4.12. The van der Waals surface area contributed by atoms with Gasteiger partial charge in [-0.1, -0.05) is 21.1 Å². The van der Waals surface area contributed by atoms with Crippen molar-refractivity contribution in [2.24, 2.45) is 0 Å². The molecule has 0 amide bonds. The molecule has 0 atom stereocenters. The van der Waals surface area contributed by atoms with Gasteiger partial charge in [-0.25, -0.2) is 9.18 Å². The molecule has 18 heavy (non-hydrogen) atoms. The second kappa shape index (κ2) is 5.26. The highest BCUT2D eigenvalue weighted by Crippen LogP contribution is 2.26. The molecule has 1 aromatic carbocycles. The Morgan fingerprint density at radius 1 is 1.56 bits per heavy atom. The summed E-state index contributed by atoms with van der Waals surface area (Å²) in [5.74, 6) is -1.29. The van der Waals surface area contributed by atoms with E-state index in [-0.39, 0.29) is 18.3 Å². The molecule has 0 aliphatic carbocycles. The van der Waals surface area contributed by atoms with E-state index in [4.69, 9.17) is 9.26 Å². The molecule has 0 aliphatic heterocycles. The summed E-state index contributed by atoms with van der Waals surface area (Å²) >= 11 is 3.24. The van der Waals surface area contributed by atoms with Gasteiger partial charge in [-0.15, -0.1) is 0 Å². The molecule has 0 bridgehead atoms. The monoisotopic (exact) mass is 314 g/mol. The maximum atomic E-state index is 13.1. The molecule has 2 rings (SSSR count). The van der Waals surface area contributed by atoms with Gasteiger partial charge in [0, 0.05) is 10.0 Å². The van der Waals surface area contributed by atoms with Crippen LogP contribution >= 0.6 is 15.9 Å². The van der Waals surface area contributed by atoms with Crippen molar-refractivity contribution in [3.8, 4) is 11.4 Å². The second-order valence-electron chi connectivity index (χ2n) is 3.27. The lowest BCUT2D eigenvalue weighted by Crippen LogP contribution is -2.04. The number of aromatic nitrogens is 2. The fourth-order valence-corrected chi connectivity index (χ4v) is 1.70. The molecule has 2 aromatic rings. The zero-order valence-corrected chi connectivity index (χ0v) is 10.9. The number of hydrogen-bond acceptors (Lipinski definition) is 5. The number of carbonyl (C=O) groups excluding carboxylic acids is 1. The molecule has 1 heterocycles. The van der Waals surface area contributed by atoms with E-state index in [1.807, 2.05) is 0 Å². The highest BCUT2D eigenvalue weighted by atomic mass is 79.9. The van der Waals surface area contributed by atoms with Crippen LogP contribution in [0.2, 0.25) is 0 Å². The van der Waals surface area contributed by atoms with Crippen LogP contribution in [0.15, 0.2) is 27.2 Å². The van der Waals surface area contributed by atoms with Crippen LogP contribution in [0.3, 0.4) is 0 Å². The van der Waals surface area contributed by atoms with Crippen LogP contribution in [0.1, 0.15) is 17.6 Å². The van der Waals surface area contributed by atoms with E-state index in [9.17, 15) is 9.18 Å². The number of hydrogen-bond donors (Lipinski definition) is 0. The van der Waals surface area contributed by atoms with E-state index in [0.29, 0.717) is 10.0 Å². The molecule has 0 radical (unpaired) electrons. The predicted molar refractivity (Wildman–Crippen MR) is 63.3 cm³/mol. The van der Waals surface area contributed by atoms with Crippen molar-refractivity contribution in [1.29, 1.82) is 0 Å². The van der Waals surface area contributed by atoms with Crippen molar-refractivity contribution >= 4 is 21.9 Å². The molecular formula is C11H8BrFN2O3. The Morgan fingerprint density at radius 3 is 3.06 bits per heavy atom. The molecule has 0 saturated carbocycles. The number of carbonyl (C=O) groups is 1. The highest BCUT2D eigenvalue weighted by molar-refractivity contribution is 9.10. The van der Waals surface area contributed by atoms with Crippen LogP contribution in [0.5, 0.6) is 0 Å². The number of benzene rings is 1. The Hall–Kier alpha value is -1.76. The summed E-state index contributed by atoms with van der Waals surface area (Å²) in [5.41, 5.74) is 0.397. The van der Waals surface area contributed by atoms with Crippen molar-refractivity contribution in [3.05, 3.63) is 34.4 Å². The average Bonchev–Trinajstić information content (AvgIpc) is 2.82. The zero-order chi connectivity index (χ0) is 13.1. The Balaban J connectivity index is 2.35. The fourth-order valence-electron chi connectivity index (χ4n) is 1.28. The summed E-state index contributed by atoms with van der Waals surface area (Å²) < 4.78 is 23.2. The van der Waals surface area contributed by atoms with Crippen molar-refractivity contribution in [1.82, 2.24) is 10.1 Å². The lowest BCUT2D eigenvalue weighted by Gasteiger charge is -1.98. The summed E-state index contributed by atoms with van der Waals surface area (Å²) in [5, 5.41) is 3.61. The molecule has 0 saturated heterocycles. The Morgan fingerprint density at radius 2 is 2.33 bits per heavy atom. The van der Waals surface area contributed by atoms with E-state index < -0.39 is 11.8 Å². The molecule has 0 N–H and O–H groups in total. The molecule has 0 spiro atoms. The van der Waals surface area contributed by atoms with Gasteiger partial charge in [0.15, 0.2) is 0 Å². The van der Waals surface area contributed by atoms with Crippen molar-refractivity contribution in [3.63, 3.8) is 0 Å². The van der Waals surface area contributed by atoms with Crippen LogP contribution in [0, 0.1) is 5.82 Å². The third-order valence-corrected chi connectivity index (χ3v) is 2.74. The van der Waals surface area contributed by atoms with Gasteiger partial charge in [0.05, 0.1) is 6.61 Å². The van der Waals surface area contributed by atoms with Crippen LogP contribution < -0.4 is 0 Å². The minimum Gasteiger partial charge on any atom is -0.459 e. The SMILES string of the molecule is CCOC(=O)c1nc(-c2cc(F)ccc2Br)no1. The zero-order valence-electron chi connectivity index (χ0n) is 9.31. The third kappa shape index (κ3) is 2.56. The minimum absolute atomic E-state index is 0.115. The normalized spacial score (nSPS) is 10.4. The smallest absolute Gasteiger partial charge is 0.397 e. The maximum Gasteiger partial charge on any atom is 0.397 e. The van der Waals surface area contributed by atoms with Gasteiger partial charge in [0.25, 0.3) is 0 Å². The minimum atomic E-state index is -0.705. The van der Waals surface area contributed by atoms with Gasteiger partial charge in [0.2, 0.25) is 5.82 Å². The molecule has 5 nitrogen and oxygen atoms in total. The lowest BCUT2D eigenvalue weighted by atomic mass is 10.2. The van der Waals surface area contributed by atoms with Gasteiger partial charge in [-0.3, -0.25) is 0 Å². The van der Waals surface area contributed by atoms with Gasteiger partial charge < -0.3 is 9.26 Å². The van der Waals surface area contributed by atoms with Crippen LogP contribution in [-0.2, 0) is 4.74 Å². The Labute approximate surface area is 110 Å². The van der Waals surface area contributed by atoms with Crippen LogP contribution in [-0.4, -0.2) is 22.7 Å². The van der Waals surface area contributed by atoms with Gasteiger partial charge >= 0.3 is 11.9 Å². The van der Waals surface area contributed by atoms with Crippen LogP contribution in [0.4, 0.5) is 4.39 Å². The molecule has 0 aliphatic rings. The Bertz CT molecular complexity index is 585. The summed E-state index contributed by atoms with van der Waals surface area (Å²) in [7, 11) is 0. The summed E-state index contributed by atoms with van der Waals surface area (Å²) in [6.45, 7) is 1.87. The highest BCUT2D eigenvalue weighted by Gasteiger charge is 2.18. The predicted octanol–water partition coefficient (Wildman–Crippen LogP) is 2.81. The number of halogens is 2. The fraction of sp³-hybridized carbons (Fsp3) is 0.182. The number of ether oxygens (including phenoxy) is 1. The van der Waals surface area contributed by atoms with Gasteiger partial charge in [-0.05, 0) is 25.1 Å². The molecule has 0 unspecified atom stereocenters. The Kier molecular flexibility index (Phi) is 3.71. The van der Waals surface area contributed by atoms with Crippen molar-refractivity contribution < 1.29 is 18.4 Å². The number of esters is 1. The van der Waals surface area contributed by atoms with Gasteiger partial charge in [0.1, 0.15) is 5.82 Å². The molecule has 0 fully saturated rings. The quantitative estimate of drug-likeness (QED) is 0.815. The first-order valence-electron chi connectivity index (χ1n) is 5.08. The lowest BCUT2D eigenvalue weighted by molar-refractivity contribution is 0.0470. The number of rotatable bonds is 3. The van der Waals surface area contributed by atoms with Crippen molar-refractivity contribution in [2.45, 2.75) is 6.92 Å². The molecule has 94 valence electrons. The molecular weight excluding hydrogens is 307 g/mol. The summed E-state index contributed by atoms with van der Waals surface area (Å²) in [4.78, 5) is 15.2. The summed E-state index contributed by atoms with van der Waals surface area (Å²) in [6, 6.07) is 4.05. The van der Waals surface area contributed by atoms with Crippen LogP contribution in [0.25, 0.3) is 11.4 Å². The first-order valence-corrected chi connectivity index (χ1v) is 5.87. The first kappa shape index (κ1) is 12.7. The van der Waals surface area contributed by atoms with E-state index in [0.717, 1.165) is 0 Å². The maximum absolute atomic E-state index is 13.1. The largest absolute Gasteiger partial charge is 0.459 e. The molecule has 7 heteroatoms. The van der Waals surface area contributed by atoms with E-state index in [1.54, 1.807) is 6.92 Å². The first-order chi connectivity index (χ1) is 8.61. The van der Waals surface area contributed by atoms with E-state index in [1.165, 1.54) is 18.2 Å². The van der Waals surface area contributed by atoms with Gasteiger partial charge in [-0.2, -0.15) is 4.98 Å². The number of nitrogens with zero attached hydrogens (tertiary/aromatic N) is 2. The topological polar surface area (TPSA) is 65.2 Å². The molecule has 1 aromatic heterocycles. The van der Waals surface area contributed by atoms with Crippen molar-refractivity contribution in [2.75, 3.05) is 6.61 Å². The third-order valence-electron chi connectivity index (χ3n) is 2.05. The van der Waals surface area contributed by atoms with E-state index >= 15 is 0 Å². The van der Waals surface area contributed by atoms with E-state index in [2.05, 4.69) is 26.1 Å².